The van der Waals surface area contributed by atoms with Crippen LogP contribution in [-0.4, -0.2) is 47.7 Å². The molecule has 1 aliphatic carbocycles. The molecule has 4 nitrogen and oxygen atoms in total. The molecule has 104 valence electrons. The molecule has 18 heavy (non-hydrogen) atoms. The summed E-state index contributed by atoms with van der Waals surface area (Å²) in [4.78, 5) is 13.7. The molecule has 1 heterocycles. The second-order valence-corrected chi connectivity index (χ2v) is 5.77. The van der Waals surface area contributed by atoms with Crippen LogP contribution in [0.4, 0.5) is 0 Å². The third kappa shape index (κ3) is 3.45. The summed E-state index contributed by atoms with van der Waals surface area (Å²) in [6.07, 6.45) is 7.27. The van der Waals surface area contributed by atoms with E-state index >= 15 is 0 Å². The minimum absolute atomic E-state index is 0.190. The number of carbonyl (C=O) groups is 1. The summed E-state index contributed by atoms with van der Waals surface area (Å²) < 4.78 is 0. The lowest BCUT2D eigenvalue weighted by Gasteiger charge is -2.42. The zero-order valence-corrected chi connectivity index (χ0v) is 11.4. The van der Waals surface area contributed by atoms with Crippen LogP contribution in [-0.2, 0) is 4.79 Å². The smallest absolute Gasteiger partial charge is 0.307 e. The van der Waals surface area contributed by atoms with Gasteiger partial charge in [0.05, 0.1) is 5.92 Å². The van der Waals surface area contributed by atoms with Gasteiger partial charge >= 0.3 is 5.97 Å². The van der Waals surface area contributed by atoms with E-state index in [2.05, 4.69) is 17.1 Å². The number of hydrogen-bond acceptors (Lipinski definition) is 3. The lowest BCUT2D eigenvalue weighted by molar-refractivity contribution is -0.144. The van der Waals surface area contributed by atoms with Crippen molar-refractivity contribution in [3.8, 4) is 0 Å². The first-order valence-corrected chi connectivity index (χ1v) is 7.41. The van der Waals surface area contributed by atoms with Crippen molar-refractivity contribution in [3.63, 3.8) is 0 Å². The molecule has 2 unspecified atom stereocenters. The van der Waals surface area contributed by atoms with Crippen molar-refractivity contribution in [2.24, 2.45) is 5.92 Å². The maximum Gasteiger partial charge on any atom is 0.307 e. The summed E-state index contributed by atoms with van der Waals surface area (Å²) in [6, 6.07) is 0.980. The van der Waals surface area contributed by atoms with Gasteiger partial charge in [0.25, 0.3) is 0 Å². The molecule has 0 radical (unpaired) electrons. The molecule has 0 aromatic heterocycles. The molecule has 0 bridgehead atoms. The lowest BCUT2D eigenvalue weighted by Crippen LogP contribution is -2.54. The average molecular weight is 254 g/mol. The van der Waals surface area contributed by atoms with Gasteiger partial charge in [-0.3, -0.25) is 9.69 Å². The molecule has 2 aliphatic rings. The van der Waals surface area contributed by atoms with Crippen molar-refractivity contribution < 1.29 is 9.90 Å². The minimum Gasteiger partial charge on any atom is -0.481 e. The Morgan fingerprint density at radius 2 is 2.00 bits per heavy atom. The highest BCUT2D eigenvalue weighted by atomic mass is 16.4. The fourth-order valence-corrected chi connectivity index (χ4v) is 3.49. The molecule has 2 rings (SSSR count). The van der Waals surface area contributed by atoms with Gasteiger partial charge in [-0.25, -0.2) is 0 Å². The second kappa shape index (κ2) is 6.53. The summed E-state index contributed by atoms with van der Waals surface area (Å²) in [7, 11) is 0. The molecule has 1 aliphatic heterocycles. The Kier molecular flexibility index (Phi) is 5.01. The normalized spacial score (nSPS) is 31.4. The molecule has 2 atom stereocenters. The lowest BCUT2D eigenvalue weighted by atomic mass is 9.88. The predicted octanol–water partition coefficient (Wildman–Crippen LogP) is 1.70. The van der Waals surface area contributed by atoms with Gasteiger partial charge in [-0.2, -0.15) is 0 Å². The predicted molar refractivity (Wildman–Crippen MR) is 71.7 cm³/mol. The van der Waals surface area contributed by atoms with Crippen molar-refractivity contribution >= 4 is 5.97 Å². The second-order valence-electron chi connectivity index (χ2n) is 5.77. The molecule has 0 aromatic rings. The Balaban J connectivity index is 1.97. The number of rotatable bonds is 4. The SMILES string of the molecule is CCNC1CC(C(=O)O)CN(C2CCCCC2)C1. The van der Waals surface area contributed by atoms with Crippen LogP contribution in [0.5, 0.6) is 0 Å². The van der Waals surface area contributed by atoms with E-state index in [1.807, 2.05) is 0 Å². The van der Waals surface area contributed by atoms with E-state index < -0.39 is 5.97 Å². The van der Waals surface area contributed by atoms with Crippen LogP contribution in [0.15, 0.2) is 0 Å². The first kappa shape index (κ1) is 13.8. The van der Waals surface area contributed by atoms with Crippen LogP contribution < -0.4 is 5.32 Å². The average Bonchev–Trinajstić information content (AvgIpc) is 2.40. The van der Waals surface area contributed by atoms with Crippen LogP contribution in [0.25, 0.3) is 0 Å². The van der Waals surface area contributed by atoms with Crippen LogP contribution in [0.1, 0.15) is 45.4 Å². The number of nitrogens with one attached hydrogen (secondary N) is 1. The van der Waals surface area contributed by atoms with Gasteiger partial charge in [0.15, 0.2) is 0 Å². The first-order chi connectivity index (χ1) is 8.70. The van der Waals surface area contributed by atoms with E-state index in [1.165, 1.54) is 32.1 Å². The fraction of sp³-hybridized carbons (Fsp3) is 0.929. The molecule has 0 aromatic carbocycles. The fourth-order valence-electron chi connectivity index (χ4n) is 3.49. The van der Waals surface area contributed by atoms with Crippen LogP contribution in [0.2, 0.25) is 0 Å². The van der Waals surface area contributed by atoms with Crippen molar-refractivity contribution in [1.82, 2.24) is 10.2 Å². The highest BCUT2D eigenvalue weighted by molar-refractivity contribution is 5.70. The molecular formula is C14H26N2O2. The first-order valence-electron chi connectivity index (χ1n) is 7.41. The number of carboxylic acid groups (broad SMARTS) is 1. The van der Waals surface area contributed by atoms with Crippen LogP contribution >= 0.6 is 0 Å². The number of likely N-dealkylation sites (tertiary alicyclic amines) is 1. The number of likely N-dealkylation sites (N-methyl/N-ethyl adjacent to an activating group) is 1. The Morgan fingerprint density at radius 3 is 2.61 bits per heavy atom. The Bertz CT molecular complexity index is 277. The minimum atomic E-state index is -0.626. The maximum absolute atomic E-state index is 11.3. The quantitative estimate of drug-likeness (QED) is 0.802. The van der Waals surface area contributed by atoms with E-state index in [1.54, 1.807) is 0 Å². The molecule has 2 fully saturated rings. The number of nitrogens with zero attached hydrogens (tertiary/aromatic N) is 1. The van der Waals surface area contributed by atoms with Crippen molar-refractivity contribution in [1.29, 1.82) is 0 Å². The van der Waals surface area contributed by atoms with Crippen LogP contribution in [0.3, 0.4) is 0 Å². The Labute approximate surface area is 110 Å². The van der Waals surface area contributed by atoms with E-state index in [4.69, 9.17) is 0 Å². The standard InChI is InChI=1S/C14H26N2O2/c1-2-15-12-8-11(14(17)18)9-16(10-12)13-6-4-3-5-7-13/h11-13,15H,2-10H2,1H3,(H,17,18). The summed E-state index contributed by atoms with van der Waals surface area (Å²) in [5.41, 5.74) is 0. The largest absolute Gasteiger partial charge is 0.481 e. The van der Waals surface area contributed by atoms with E-state index in [-0.39, 0.29) is 5.92 Å². The molecule has 2 N–H and O–H groups in total. The summed E-state index contributed by atoms with van der Waals surface area (Å²) >= 11 is 0. The zero-order valence-electron chi connectivity index (χ0n) is 11.4. The van der Waals surface area contributed by atoms with Gasteiger partial charge < -0.3 is 10.4 Å². The van der Waals surface area contributed by atoms with Gasteiger partial charge in [0, 0.05) is 25.2 Å². The summed E-state index contributed by atoms with van der Waals surface area (Å²) in [6.45, 7) is 4.80. The highest BCUT2D eigenvalue weighted by Gasteiger charge is 2.34. The number of hydrogen-bond donors (Lipinski definition) is 2. The summed E-state index contributed by atoms with van der Waals surface area (Å²) in [5.74, 6) is -0.817. The molecule has 1 saturated heterocycles. The van der Waals surface area contributed by atoms with E-state index in [9.17, 15) is 9.90 Å². The van der Waals surface area contributed by atoms with Gasteiger partial charge in [-0.1, -0.05) is 26.2 Å². The molecule has 0 spiro atoms. The van der Waals surface area contributed by atoms with Gasteiger partial charge in [-0.15, -0.1) is 0 Å². The van der Waals surface area contributed by atoms with Gasteiger partial charge in [-0.05, 0) is 25.8 Å². The molecule has 1 saturated carbocycles. The third-order valence-corrected chi connectivity index (χ3v) is 4.41. The third-order valence-electron chi connectivity index (χ3n) is 4.41. The number of piperidine rings is 1. The molecule has 0 amide bonds. The number of aliphatic carboxylic acids is 1. The maximum atomic E-state index is 11.3. The van der Waals surface area contributed by atoms with E-state index in [0.29, 0.717) is 12.1 Å². The highest BCUT2D eigenvalue weighted by Crippen LogP contribution is 2.27. The van der Waals surface area contributed by atoms with Crippen LogP contribution in [0, 0.1) is 5.92 Å². The topological polar surface area (TPSA) is 52.6 Å². The summed E-state index contributed by atoms with van der Waals surface area (Å²) in [5, 5.41) is 12.7. The van der Waals surface area contributed by atoms with Crippen molar-refractivity contribution in [3.05, 3.63) is 0 Å². The monoisotopic (exact) mass is 254 g/mol. The Morgan fingerprint density at radius 1 is 1.28 bits per heavy atom. The molecule has 4 heteroatoms. The van der Waals surface area contributed by atoms with E-state index in [0.717, 1.165) is 26.1 Å². The zero-order chi connectivity index (χ0) is 13.0. The Hall–Kier alpha value is -0.610. The van der Waals surface area contributed by atoms with Crippen molar-refractivity contribution in [2.75, 3.05) is 19.6 Å². The number of carboxylic acids is 1. The van der Waals surface area contributed by atoms with Gasteiger partial charge in [0.1, 0.15) is 0 Å². The van der Waals surface area contributed by atoms with Gasteiger partial charge in [0.2, 0.25) is 0 Å². The van der Waals surface area contributed by atoms with Crippen molar-refractivity contribution in [2.45, 2.75) is 57.5 Å². The molecular weight excluding hydrogens is 228 g/mol.